The van der Waals surface area contributed by atoms with E-state index in [4.69, 9.17) is 10.5 Å². The van der Waals surface area contributed by atoms with Crippen LogP contribution in [0.1, 0.15) is 10.4 Å². The van der Waals surface area contributed by atoms with Crippen LogP contribution in [0.4, 0.5) is 0 Å². The van der Waals surface area contributed by atoms with Crippen molar-refractivity contribution in [1.29, 1.82) is 0 Å². The number of nitrogens with zero attached hydrogens (tertiary/aromatic N) is 1. The third kappa shape index (κ3) is 2.13. The summed E-state index contributed by atoms with van der Waals surface area (Å²) in [6, 6.07) is 8.23. The summed E-state index contributed by atoms with van der Waals surface area (Å²) in [5, 5.41) is 0. The first-order valence-corrected chi connectivity index (χ1v) is 6.97. The van der Waals surface area contributed by atoms with E-state index in [0.29, 0.717) is 13.2 Å². The first-order chi connectivity index (χ1) is 8.81. The minimum Gasteiger partial charge on any atom is -0.493 e. The maximum Gasteiger partial charge on any atom is 0.122 e. The number of benzene rings is 1. The standard InChI is InChI=1S/C14H16N2OS/c15-8-14(6-12-7-16-10-18-12)5-11-3-1-2-4-13(11)17-9-14/h1-4,7,10H,5-6,8-9,15H2. The van der Waals surface area contributed by atoms with Gasteiger partial charge in [0.05, 0.1) is 12.1 Å². The Balaban J connectivity index is 1.86. The van der Waals surface area contributed by atoms with Crippen molar-refractivity contribution >= 4 is 11.3 Å². The van der Waals surface area contributed by atoms with Crippen molar-refractivity contribution in [2.75, 3.05) is 13.2 Å². The van der Waals surface area contributed by atoms with Gasteiger partial charge in [-0.2, -0.15) is 0 Å². The van der Waals surface area contributed by atoms with Crippen molar-refractivity contribution in [3.63, 3.8) is 0 Å². The summed E-state index contributed by atoms with van der Waals surface area (Å²) in [6.45, 7) is 1.33. The van der Waals surface area contributed by atoms with Crippen LogP contribution in [0.15, 0.2) is 36.0 Å². The van der Waals surface area contributed by atoms with Gasteiger partial charge in [0.1, 0.15) is 5.75 Å². The van der Waals surface area contributed by atoms with E-state index in [2.05, 4.69) is 17.1 Å². The number of hydrogen-bond donors (Lipinski definition) is 1. The van der Waals surface area contributed by atoms with Gasteiger partial charge in [0.2, 0.25) is 0 Å². The Hall–Kier alpha value is -1.39. The van der Waals surface area contributed by atoms with Crippen molar-refractivity contribution in [1.82, 2.24) is 4.98 Å². The number of thiazole rings is 1. The van der Waals surface area contributed by atoms with E-state index < -0.39 is 0 Å². The molecular formula is C14H16N2OS. The third-order valence-corrected chi connectivity index (χ3v) is 4.32. The van der Waals surface area contributed by atoms with Gasteiger partial charge in [0.15, 0.2) is 0 Å². The summed E-state index contributed by atoms with van der Waals surface area (Å²) in [7, 11) is 0. The summed E-state index contributed by atoms with van der Waals surface area (Å²) in [5.74, 6) is 1.01. The number of para-hydroxylation sites is 1. The van der Waals surface area contributed by atoms with Crippen LogP contribution in [0.25, 0.3) is 0 Å². The average Bonchev–Trinajstić information content (AvgIpc) is 2.91. The van der Waals surface area contributed by atoms with Gasteiger partial charge in [-0.25, -0.2) is 0 Å². The van der Waals surface area contributed by atoms with E-state index in [1.807, 2.05) is 23.8 Å². The zero-order valence-electron chi connectivity index (χ0n) is 10.1. The molecule has 1 aliphatic heterocycles. The molecule has 1 unspecified atom stereocenters. The number of ether oxygens (including phenoxy) is 1. The fourth-order valence-electron chi connectivity index (χ4n) is 2.49. The lowest BCUT2D eigenvalue weighted by Crippen LogP contribution is -2.42. The van der Waals surface area contributed by atoms with Gasteiger partial charge in [-0.3, -0.25) is 4.98 Å². The predicted octanol–water partition coefficient (Wildman–Crippen LogP) is 2.27. The molecular weight excluding hydrogens is 244 g/mol. The molecule has 0 bridgehead atoms. The first-order valence-electron chi connectivity index (χ1n) is 6.09. The summed E-state index contributed by atoms with van der Waals surface area (Å²) >= 11 is 1.69. The molecule has 0 amide bonds. The van der Waals surface area contributed by atoms with Crippen molar-refractivity contribution in [3.05, 3.63) is 46.4 Å². The largest absolute Gasteiger partial charge is 0.493 e. The summed E-state index contributed by atoms with van der Waals surface area (Å²) in [4.78, 5) is 5.42. The molecule has 94 valence electrons. The topological polar surface area (TPSA) is 48.1 Å². The molecule has 1 atom stereocenters. The normalized spacial score (nSPS) is 22.3. The zero-order chi connectivity index (χ0) is 12.4. The van der Waals surface area contributed by atoms with Gasteiger partial charge in [0, 0.05) is 23.0 Å². The summed E-state index contributed by atoms with van der Waals surface area (Å²) in [6.07, 6.45) is 3.86. The highest BCUT2D eigenvalue weighted by molar-refractivity contribution is 7.09. The number of fused-ring (bicyclic) bond motifs is 1. The van der Waals surface area contributed by atoms with Crippen LogP contribution in [0.2, 0.25) is 0 Å². The number of nitrogens with two attached hydrogens (primary N) is 1. The molecule has 1 aromatic heterocycles. The minimum atomic E-state index is 0.0148. The van der Waals surface area contributed by atoms with Crippen LogP contribution in [0, 0.1) is 5.41 Å². The Bertz CT molecular complexity index is 526. The molecule has 1 aromatic carbocycles. The Kier molecular flexibility index (Phi) is 3.06. The molecule has 2 N–H and O–H groups in total. The summed E-state index contributed by atoms with van der Waals surface area (Å²) < 4.78 is 5.88. The van der Waals surface area contributed by atoms with Crippen molar-refractivity contribution in [2.24, 2.45) is 11.1 Å². The predicted molar refractivity (Wildman–Crippen MR) is 72.9 cm³/mol. The van der Waals surface area contributed by atoms with Gasteiger partial charge in [-0.1, -0.05) is 18.2 Å². The molecule has 0 saturated carbocycles. The fourth-order valence-corrected chi connectivity index (χ4v) is 3.26. The molecule has 18 heavy (non-hydrogen) atoms. The maximum atomic E-state index is 6.02. The van der Waals surface area contributed by atoms with Gasteiger partial charge in [-0.15, -0.1) is 11.3 Å². The molecule has 3 nitrogen and oxygen atoms in total. The second-order valence-electron chi connectivity index (χ2n) is 4.92. The van der Waals surface area contributed by atoms with Gasteiger partial charge in [-0.05, 0) is 24.5 Å². The summed E-state index contributed by atoms with van der Waals surface area (Å²) in [5.41, 5.74) is 9.17. The van der Waals surface area contributed by atoms with Gasteiger partial charge in [0.25, 0.3) is 0 Å². The Morgan fingerprint density at radius 1 is 1.39 bits per heavy atom. The van der Waals surface area contributed by atoms with E-state index >= 15 is 0 Å². The molecule has 3 rings (SSSR count). The van der Waals surface area contributed by atoms with Crippen LogP contribution in [-0.4, -0.2) is 18.1 Å². The molecule has 0 saturated heterocycles. The lowest BCUT2D eigenvalue weighted by Gasteiger charge is -2.36. The SMILES string of the molecule is NCC1(Cc2cncs2)COc2ccccc2C1. The number of aromatic nitrogens is 1. The third-order valence-electron chi connectivity index (χ3n) is 3.54. The van der Waals surface area contributed by atoms with E-state index in [-0.39, 0.29) is 5.41 Å². The fraction of sp³-hybridized carbons (Fsp3) is 0.357. The quantitative estimate of drug-likeness (QED) is 0.921. The Labute approximate surface area is 111 Å². The molecule has 2 heterocycles. The Morgan fingerprint density at radius 3 is 3.06 bits per heavy atom. The molecule has 0 fully saturated rings. The first kappa shape index (κ1) is 11.7. The number of rotatable bonds is 3. The smallest absolute Gasteiger partial charge is 0.122 e. The molecule has 0 radical (unpaired) electrons. The maximum absolute atomic E-state index is 6.02. The average molecular weight is 260 g/mol. The molecule has 2 aromatic rings. The zero-order valence-corrected chi connectivity index (χ0v) is 11.0. The van der Waals surface area contributed by atoms with E-state index in [9.17, 15) is 0 Å². The second kappa shape index (κ2) is 4.71. The van der Waals surface area contributed by atoms with Crippen molar-refractivity contribution in [3.8, 4) is 5.75 Å². The highest BCUT2D eigenvalue weighted by Crippen LogP contribution is 2.36. The van der Waals surface area contributed by atoms with Crippen LogP contribution in [0.3, 0.4) is 0 Å². The molecule has 0 spiro atoms. The van der Waals surface area contributed by atoms with Gasteiger partial charge < -0.3 is 10.5 Å². The highest BCUT2D eigenvalue weighted by Gasteiger charge is 2.35. The Morgan fingerprint density at radius 2 is 2.28 bits per heavy atom. The van der Waals surface area contributed by atoms with Crippen molar-refractivity contribution < 1.29 is 4.74 Å². The van der Waals surface area contributed by atoms with Crippen LogP contribution < -0.4 is 10.5 Å². The monoisotopic (exact) mass is 260 g/mol. The number of hydrogen-bond acceptors (Lipinski definition) is 4. The molecule has 1 aliphatic rings. The van der Waals surface area contributed by atoms with Crippen LogP contribution >= 0.6 is 11.3 Å². The van der Waals surface area contributed by atoms with Crippen molar-refractivity contribution in [2.45, 2.75) is 12.8 Å². The minimum absolute atomic E-state index is 0.0148. The molecule has 0 aliphatic carbocycles. The van der Waals surface area contributed by atoms with Gasteiger partial charge >= 0.3 is 0 Å². The van der Waals surface area contributed by atoms with E-state index in [1.165, 1.54) is 10.4 Å². The molecule has 4 heteroatoms. The van der Waals surface area contributed by atoms with E-state index in [0.717, 1.165) is 18.6 Å². The van der Waals surface area contributed by atoms with Crippen LogP contribution in [-0.2, 0) is 12.8 Å². The second-order valence-corrected chi connectivity index (χ2v) is 5.89. The lowest BCUT2D eigenvalue weighted by atomic mass is 9.77. The lowest BCUT2D eigenvalue weighted by molar-refractivity contribution is 0.127. The van der Waals surface area contributed by atoms with Crippen LogP contribution in [0.5, 0.6) is 5.75 Å². The highest BCUT2D eigenvalue weighted by atomic mass is 32.1. The van der Waals surface area contributed by atoms with E-state index in [1.54, 1.807) is 11.3 Å².